The summed E-state index contributed by atoms with van der Waals surface area (Å²) >= 11 is 0. The maximum absolute atomic E-state index is 10.9. The maximum Gasteiger partial charge on any atom is 0.329 e. The summed E-state index contributed by atoms with van der Waals surface area (Å²) in [6.45, 7) is 0. The summed E-state index contributed by atoms with van der Waals surface area (Å²) < 4.78 is 5.58. The van der Waals surface area contributed by atoms with Gasteiger partial charge in [-0.05, 0) is 42.0 Å². The zero-order chi connectivity index (χ0) is 15.9. The number of carbonyl (C=O) groups excluding carboxylic acids is 1. The van der Waals surface area contributed by atoms with Crippen molar-refractivity contribution in [2.24, 2.45) is 4.99 Å². The van der Waals surface area contributed by atoms with Crippen LogP contribution in [0.2, 0.25) is 0 Å². The largest absolute Gasteiger partial charge is 0.508 e. The van der Waals surface area contributed by atoms with E-state index in [1.807, 2.05) is 0 Å². The van der Waals surface area contributed by atoms with E-state index in [0.717, 1.165) is 0 Å². The Balaban J connectivity index is 2.05. The number of ether oxygens (including phenoxy) is 1. The van der Waals surface area contributed by atoms with Gasteiger partial charge in [0.1, 0.15) is 17.2 Å². The van der Waals surface area contributed by atoms with Crippen LogP contribution in [-0.4, -0.2) is 28.3 Å². The molecule has 2 aromatic carbocycles. The van der Waals surface area contributed by atoms with Crippen LogP contribution in [0.15, 0.2) is 53.5 Å². The number of nitrogens with zero attached hydrogens (tertiary/aromatic N) is 1. The van der Waals surface area contributed by atoms with Gasteiger partial charge >= 0.3 is 5.97 Å². The number of benzene rings is 2. The van der Waals surface area contributed by atoms with Crippen LogP contribution in [0.25, 0.3) is 0 Å². The van der Waals surface area contributed by atoms with Crippen LogP contribution < -0.4 is 4.74 Å². The molecule has 0 aliphatic heterocycles. The average molecular weight is 299 g/mol. The first-order chi connectivity index (χ1) is 10.6. The molecule has 0 spiro atoms. The number of phenols is 1. The van der Waals surface area contributed by atoms with Crippen molar-refractivity contribution in [1.29, 1.82) is 0 Å². The molecule has 0 saturated heterocycles. The van der Waals surface area contributed by atoms with Crippen LogP contribution in [0.5, 0.6) is 17.2 Å². The fourth-order valence-electron chi connectivity index (χ4n) is 1.82. The lowest BCUT2D eigenvalue weighted by Gasteiger charge is -2.08. The monoisotopic (exact) mass is 299 g/mol. The lowest BCUT2D eigenvalue weighted by molar-refractivity contribution is -0.138. The molecule has 0 fully saturated rings. The third-order valence-corrected chi connectivity index (χ3v) is 2.92. The fourth-order valence-corrected chi connectivity index (χ4v) is 1.82. The SMILES string of the molecule is O=C=N[C@@H](Cc1ccc(Oc2ccc(O)cc2)cc1)C(=O)O. The Bertz CT molecular complexity index is 685. The number of carboxylic acids is 1. The van der Waals surface area contributed by atoms with Crippen LogP contribution in [0, 0.1) is 0 Å². The molecule has 1 atom stereocenters. The Hall–Kier alpha value is -3.11. The van der Waals surface area contributed by atoms with E-state index >= 15 is 0 Å². The lowest BCUT2D eigenvalue weighted by atomic mass is 10.1. The van der Waals surface area contributed by atoms with Gasteiger partial charge in [-0.1, -0.05) is 12.1 Å². The molecule has 0 amide bonds. The van der Waals surface area contributed by atoms with Crippen molar-refractivity contribution < 1.29 is 24.5 Å². The van der Waals surface area contributed by atoms with Crippen molar-refractivity contribution >= 4 is 12.0 Å². The maximum atomic E-state index is 10.9. The minimum Gasteiger partial charge on any atom is -0.508 e. The van der Waals surface area contributed by atoms with Crippen molar-refractivity contribution in [2.75, 3.05) is 0 Å². The van der Waals surface area contributed by atoms with E-state index in [-0.39, 0.29) is 12.2 Å². The molecule has 0 radical (unpaired) electrons. The highest BCUT2D eigenvalue weighted by atomic mass is 16.5. The molecular formula is C16H13NO5. The number of carbonyl (C=O) groups is 1. The molecule has 2 rings (SSSR count). The topological polar surface area (TPSA) is 96.2 Å². The molecule has 22 heavy (non-hydrogen) atoms. The van der Waals surface area contributed by atoms with Crippen molar-refractivity contribution in [3.05, 3.63) is 54.1 Å². The van der Waals surface area contributed by atoms with Gasteiger partial charge in [0.05, 0.1) is 0 Å². The van der Waals surface area contributed by atoms with E-state index in [2.05, 4.69) is 4.99 Å². The fraction of sp³-hybridized carbons (Fsp3) is 0.125. The quantitative estimate of drug-likeness (QED) is 0.631. The predicted octanol–water partition coefficient (Wildman–Crippen LogP) is 2.52. The molecule has 0 aliphatic rings. The van der Waals surface area contributed by atoms with E-state index in [4.69, 9.17) is 9.84 Å². The van der Waals surface area contributed by atoms with Crippen molar-refractivity contribution in [1.82, 2.24) is 0 Å². The van der Waals surface area contributed by atoms with Crippen LogP contribution in [0.4, 0.5) is 0 Å². The van der Waals surface area contributed by atoms with Gasteiger partial charge in [-0.15, -0.1) is 0 Å². The highest BCUT2D eigenvalue weighted by molar-refractivity contribution is 5.75. The number of aliphatic imine (C=N–C) groups is 1. The van der Waals surface area contributed by atoms with E-state index in [0.29, 0.717) is 17.1 Å². The first-order valence-corrected chi connectivity index (χ1v) is 6.44. The zero-order valence-electron chi connectivity index (χ0n) is 11.5. The first kappa shape index (κ1) is 15.3. The normalized spacial score (nSPS) is 11.3. The van der Waals surface area contributed by atoms with Gasteiger partial charge in [-0.25, -0.2) is 9.59 Å². The van der Waals surface area contributed by atoms with Crippen LogP contribution in [0.1, 0.15) is 5.56 Å². The van der Waals surface area contributed by atoms with Crippen molar-refractivity contribution in [2.45, 2.75) is 12.5 Å². The number of hydrogen-bond acceptors (Lipinski definition) is 5. The van der Waals surface area contributed by atoms with Gasteiger partial charge < -0.3 is 14.9 Å². The summed E-state index contributed by atoms with van der Waals surface area (Å²) in [5.74, 6) is 0.116. The number of carboxylic acid groups (broad SMARTS) is 1. The Morgan fingerprint density at radius 1 is 1.09 bits per heavy atom. The number of aliphatic carboxylic acids is 1. The molecule has 0 bridgehead atoms. The predicted molar refractivity (Wildman–Crippen MR) is 77.9 cm³/mol. The van der Waals surface area contributed by atoms with Crippen LogP contribution in [-0.2, 0) is 16.0 Å². The summed E-state index contributed by atoms with van der Waals surface area (Å²) in [7, 11) is 0. The van der Waals surface area contributed by atoms with E-state index < -0.39 is 12.0 Å². The Morgan fingerprint density at radius 3 is 2.14 bits per heavy atom. The number of rotatable bonds is 6. The van der Waals surface area contributed by atoms with Crippen molar-refractivity contribution in [3.63, 3.8) is 0 Å². The van der Waals surface area contributed by atoms with Gasteiger partial charge in [-0.2, -0.15) is 4.99 Å². The first-order valence-electron chi connectivity index (χ1n) is 6.44. The standard InChI is InChI=1S/C16H13NO5/c18-10-17-15(16(20)21)9-11-1-5-13(6-2-11)22-14-7-3-12(19)4-8-14/h1-8,15,19H,9H2,(H,20,21)/t15-/m0/s1. The summed E-state index contributed by atoms with van der Waals surface area (Å²) in [6.07, 6.45) is 1.37. The Kier molecular flexibility index (Phi) is 4.90. The number of hydrogen-bond donors (Lipinski definition) is 2. The summed E-state index contributed by atoms with van der Waals surface area (Å²) in [6, 6.07) is 11.9. The van der Waals surface area contributed by atoms with Gasteiger partial charge in [0.15, 0.2) is 6.04 Å². The second-order valence-electron chi connectivity index (χ2n) is 4.52. The number of aromatic hydroxyl groups is 1. The second-order valence-corrected chi connectivity index (χ2v) is 4.52. The summed E-state index contributed by atoms with van der Waals surface area (Å²) in [4.78, 5) is 24.4. The number of phenolic OH excluding ortho intramolecular Hbond substituents is 1. The van der Waals surface area contributed by atoms with Gasteiger partial charge in [0, 0.05) is 6.42 Å². The molecule has 2 N–H and O–H groups in total. The molecule has 0 aliphatic carbocycles. The van der Waals surface area contributed by atoms with E-state index in [9.17, 15) is 14.7 Å². The molecular weight excluding hydrogens is 286 g/mol. The van der Waals surface area contributed by atoms with Gasteiger partial charge in [0.2, 0.25) is 6.08 Å². The molecule has 0 heterocycles. The van der Waals surface area contributed by atoms with Crippen LogP contribution in [0.3, 0.4) is 0 Å². The molecule has 0 saturated carbocycles. The second kappa shape index (κ2) is 7.06. The summed E-state index contributed by atoms with van der Waals surface area (Å²) in [5, 5.41) is 18.1. The average Bonchev–Trinajstić information content (AvgIpc) is 2.51. The minimum absolute atomic E-state index is 0.101. The lowest BCUT2D eigenvalue weighted by Crippen LogP contribution is -2.20. The zero-order valence-corrected chi connectivity index (χ0v) is 11.5. The third-order valence-electron chi connectivity index (χ3n) is 2.92. The van der Waals surface area contributed by atoms with Crippen molar-refractivity contribution in [3.8, 4) is 17.2 Å². The van der Waals surface area contributed by atoms with E-state index in [1.54, 1.807) is 36.4 Å². The molecule has 112 valence electrons. The molecule has 2 aromatic rings. The smallest absolute Gasteiger partial charge is 0.329 e. The molecule has 0 aromatic heterocycles. The molecule has 6 heteroatoms. The Labute approximate surface area is 126 Å². The van der Waals surface area contributed by atoms with Gasteiger partial charge in [0.25, 0.3) is 0 Å². The van der Waals surface area contributed by atoms with Crippen LogP contribution >= 0.6 is 0 Å². The highest BCUT2D eigenvalue weighted by Crippen LogP contribution is 2.23. The minimum atomic E-state index is -1.17. The number of isocyanates is 1. The highest BCUT2D eigenvalue weighted by Gasteiger charge is 2.16. The third kappa shape index (κ3) is 4.19. The van der Waals surface area contributed by atoms with E-state index in [1.165, 1.54) is 18.2 Å². The summed E-state index contributed by atoms with van der Waals surface area (Å²) in [5.41, 5.74) is 0.712. The molecule has 0 unspecified atom stereocenters. The molecule has 6 nitrogen and oxygen atoms in total. The Morgan fingerprint density at radius 2 is 1.64 bits per heavy atom. The van der Waals surface area contributed by atoms with Gasteiger partial charge in [-0.3, -0.25) is 0 Å².